The first-order chi connectivity index (χ1) is 8.72. The van der Waals surface area contributed by atoms with Gasteiger partial charge in [0.1, 0.15) is 0 Å². The maximum Gasteiger partial charge on any atom is 0.338 e. The Bertz CT molecular complexity index is 389. The van der Waals surface area contributed by atoms with E-state index in [-0.39, 0.29) is 6.61 Å². The number of methoxy groups -OCH3 is 1. The molecule has 0 aliphatic carbocycles. The van der Waals surface area contributed by atoms with Crippen LogP contribution in [0, 0.1) is 0 Å². The van der Waals surface area contributed by atoms with Gasteiger partial charge in [-0.3, -0.25) is 0 Å². The molecule has 100 valence electrons. The van der Waals surface area contributed by atoms with Crippen molar-refractivity contribution >= 4 is 5.97 Å². The molecule has 1 N–H and O–H groups in total. The lowest BCUT2D eigenvalue weighted by Crippen LogP contribution is -2.06. The van der Waals surface area contributed by atoms with Crippen molar-refractivity contribution in [2.24, 2.45) is 0 Å². The van der Waals surface area contributed by atoms with E-state index in [1.165, 1.54) is 7.11 Å². The molecule has 1 aromatic carbocycles. The fraction of sp³-hybridized carbons (Fsp3) is 0.462. The van der Waals surface area contributed by atoms with Crippen molar-refractivity contribution in [2.75, 3.05) is 26.9 Å². The zero-order valence-corrected chi connectivity index (χ0v) is 10.6. The van der Waals surface area contributed by atoms with Crippen LogP contribution in [0.1, 0.15) is 23.7 Å². The second-order valence-corrected chi connectivity index (χ2v) is 3.51. The summed E-state index contributed by atoms with van der Waals surface area (Å²) in [6.45, 7) is 2.55. The average Bonchev–Trinajstić information content (AvgIpc) is 2.39. The van der Waals surface area contributed by atoms with E-state index in [1.807, 2.05) is 0 Å². The lowest BCUT2D eigenvalue weighted by molar-refractivity contribution is 0.0526. The molecule has 0 saturated heterocycles. The molecule has 1 rings (SSSR count). The topological polar surface area (TPSA) is 65.0 Å². The Labute approximate surface area is 106 Å². The van der Waals surface area contributed by atoms with Crippen LogP contribution in [0.2, 0.25) is 0 Å². The Kier molecular flexibility index (Phi) is 6.00. The number of carbonyl (C=O) groups excluding carboxylic acids is 1. The number of esters is 1. The van der Waals surface area contributed by atoms with Crippen LogP contribution in [0.4, 0.5) is 0 Å². The van der Waals surface area contributed by atoms with Crippen LogP contribution in [-0.2, 0) is 4.74 Å². The number of benzene rings is 1. The van der Waals surface area contributed by atoms with Gasteiger partial charge in [0.05, 0.1) is 25.9 Å². The Morgan fingerprint density at radius 2 is 2.11 bits per heavy atom. The van der Waals surface area contributed by atoms with Crippen LogP contribution in [0.15, 0.2) is 18.2 Å². The number of carbonyl (C=O) groups is 1. The third-order valence-electron chi connectivity index (χ3n) is 2.23. The highest BCUT2D eigenvalue weighted by Crippen LogP contribution is 2.28. The molecule has 5 heteroatoms. The maximum absolute atomic E-state index is 11.5. The highest BCUT2D eigenvalue weighted by atomic mass is 16.5. The van der Waals surface area contributed by atoms with Crippen LogP contribution in [-0.4, -0.2) is 38.0 Å². The molecule has 0 spiro atoms. The van der Waals surface area contributed by atoms with Crippen LogP contribution in [0.25, 0.3) is 0 Å². The first-order valence-corrected chi connectivity index (χ1v) is 5.81. The summed E-state index contributed by atoms with van der Waals surface area (Å²) in [6.07, 6.45) is 0.544. The second kappa shape index (κ2) is 7.55. The van der Waals surface area contributed by atoms with Gasteiger partial charge in [-0.1, -0.05) is 0 Å². The molecule has 0 bridgehead atoms. The minimum Gasteiger partial charge on any atom is -0.493 e. The van der Waals surface area contributed by atoms with Gasteiger partial charge < -0.3 is 19.3 Å². The largest absolute Gasteiger partial charge is 0.493 e. The minimum absolute atomic E-state index is 0.0726. The lowest BCUT2D eigenvalue weighted by Gasteiger charge is -2.11. The Balaban J connectivity index is 2.79. The lowest BCUT2D eigenvalue weighted by atomic mass is 10.2. The average molecular weight is 254 g/mol. The highest BCUT2D eigenvalue weighted by Gasteiger charge is 2.11. The molecule has 0 aromatic heterocycles. The van der Waals surface area contributed by atoms with Gasteiger partial charge in [-0.2, -0.15) is 0 Å². The number of ether oxygens (including phenoxy) is 3. The summed E-state index contributed by atoms with van der Waals surface area (Å²) in [5.41, 5.74) is 0.420. The summed E-state index contributed by atoms with van der Waals surface area (Å²) in [6, 6.07) is 4.85. The Hall–Kier alpha value is -1.75. The predicted octanol–water partition coefficient (Wildman–Crippen LogP) is 1.63. The van der Waals surface area contributed by atoms with Gasteiger partial charge in [-0.05, 0) is 25.1 Å². The SMILES string of the molecule is CCOC(=O)c1ccc(OCCCO)c(OC)c1. The van der Waals surface area contributed by atoms with E-state index in [0.717, 1.165) is 0 Å². The molecule has 0 unspecified atom stereocenters. The minimum atomic E-state index is -0.391. The third kappa shape index (κ3) is 3.92. The molecule has 0 amide bonds. The summed E-state index contributed by atoms with van der Waals surface area (Å²) in [5.74, 6) is 0.621. The summed E-state index contributed by atoms with van der Waals surface area (Å²) in [5, 5.41) is 8.67. The molecular formula is C13H18O5. The predicted molar refractivity (Wildman–Crippen MR) is 66.1 cm³/mol. The van der Waals surface area contributed by atoms with Gasteiger partial charge in [-0.15, -0.1) is 0 Å². The molecule has 0 aliphatic rings. The van der Waals surface area contributed by atoms with Gasteiger partial charge in [0.2, 0.25) is 0 Å². The van der Waals surface area contributed by atoms with Gasteiger partial charge >= 0.3 is 5.97 Å². The second-order valence-electron chi connectivity index (χ2n) is 3.51. The number of rotatable bonds is 7. The van der Waals surface area contributed by atoms with Crippen LogP contribution in [0.5, 0.6) is 11.5 Å². The summed E-state index contributed by atoms with van der Waals surface area (Å²) in [4.78, 5) is 11.5. The van der Waals surface area contributed by atoms with E-state index < -0.39 is 5.97 Å². The van der Waals surface area contributed by atoms with Crippen molar-refractivity contribution in [1.82, 2.24) is 0 Å². The highest BCUT2D eigenvalue weighted by molar-refractivity contribution is 5.90. The molecule has 0 saturated carbocycles. The molecule has 5 nitrogen and oxygen atoms in total. The van der Waals surface area contributed by atoms with Crippen molar-refractivity contribution in [3.8, 4) is 11.5 Å². The quantitative estimate of drug-likeness (QED) is 0.592. The van der Waals surface area contributed by atoms with Crippen molar-refractivity contribution in [1.29, 1.82) is 0 Å². The summed E-state index contributed by atoms with van der Waals surface area (Å²) in [7, 11) is 1.50. The van der Waals surface area contributed by atoms with Crippen LogP contribution < -0.4 is 9.47 Å². The zero-order chi connectivity index (χ0) is 13.4. The van der Waals surface area contributed by atoms with Crippen LogP contribution >= 0.6 is 0 Å². The van der Waals surface area contributed by atoms with Crippen molar-refractivity contribution < 1.29 is 24.1 Å². The normalized spacial score (nSPS) is 9.94. The smallest absolute Gasteiger partial charge is 0.338 e. The monoisotopic (exact) mass is 254 g/mol. The molecule has 0 fully saturated rings. The molecule has 0 atom stereocenters. The fourth-order valence-electron chi connectivity index (χ4n) is 1.37. The van der Waals surface area contributed by atoms with Gasteiger partial charge in [-0.25, -0.2) is 4.79 Å². The first-order valence-electron chi connectivity index (χ1n) is 5.81. The fourth-order valence-corrected chi connectivity index (χ4v) is 1.37. The van der Waals surface area contributed by atoms with E-state index in [2.05, 4.69) is 0 Å². The van der Waals surface area contributed by atoms with Crippen molar-refractivity contribution in [3.63, 3.8) is 0 Å². The zero-order valence-electron chi connectivity index (χ0n) is 10.6. The van der Waals surface area contributed by atoms with E-state index in [4.69, 9.17) is 19.3 Å². The van der Waals surface area contributed by atoms with E-state index in [1.54, 1.807) is 25.1 Å². The number of hydrogen-bond acceptors (Lipinski definition) is 5. The summed E-state index contributed by atoms with van der Waals surface area (Å²) >= 11 is 0. The molecule has 1 aromatic rings. The number of aliphatic hydroxyl groups excluding tert-OH is 1. The van der Waals surface area contributed by atoms with Gasteiger partial charge in [0, 0.05) is 13.0 Å². The summed E-state index contributed by atoms with van der Waals surface area (Å²) < 4.78 is 15.5. The standard InChI is InChI=1S/C13H18O5/c1-3-17-13(15)10-5-6-11(12(9-10)16-2)18-8-4-7-14/h5-6,9,14H,3-4,7-8H2,1-2H3. The molecule has 0 heterocycles. The third-order valence-corrected chi connectivity index (χ3v) is 2.23. The first kappa shape index (κ1) is 14.3. The Morgan fingerprint density at radius 3 is 2.72 bits per heavy atom. The number of aliphatic hydroxyl groups is 1. The van der Waals surface area contributed by atoms with Gasteiger partial charge in [0.25, 0.3) is 0 Å². The molecule has 0 radical (unpaired) electrons. The van der Waals surface area contributed by atoms with Gasteiger partial charge in [0.15, 0.2) is 11.5 Å². The van der Waals surface area contributed by atoms with E-state index in [0.29, 0.717) is 36.7 Å². The van der Waals surface area contributed by atoms with Crippen molar-refractivity contribution in [2.45, 2.75) is 13.3 Å². The van der Waals surface area contributed by atoms with E-state index >= 15 is 0 Å². The van der Waals surface area contributed by atoms with Crippen molar-refractivity contribution in [3.05, 3.63) is 23.8 Å². The van der Waals surface area contributed by atoms with Crippen LogP contribution in [0.3, 0.4) is 0 Å². The molecule has 18 heavy (non-hydrogen) atoms. The molecule has 0 aliphatic heterocycles. The molecular weight excluding hydrogens is 236 g/mol. The van der Waals surface area contributed by atoms with E-state index in [9.17, 15) is 4.79 Å². The Morgan fingerprint density at radius 1 is 1.33 bits per heavy atom. The maximum atomic E-state index is 11.5. The number of hydrogen-bond donors (Lipinski definition) is 1.